The van der Waals surface area contributed by atoms with Crippen LogP contribution in [0.15, 0.2) is 48.7 Å². The fourth-order valence-corrected chi connectivity index (χ4v) is 2.56. The number of anilines is 1. The number of amides is 2. The number of methoxy groups -OCH3 is 1. The Balaban J connectivity index is 1.93. The molecule has 0 fully saturated rings. The molecule has 0 saturated heterocycles. The van der Waals surface area contributed by atoms with E-state index >= 15 is 0 Å². The Kier molecular flexibility index (Phi) is 4.88. The molecule has 0 spiro atoms. The van der Waals surface area contributed by atoms with Crippen molar-refractivity contribution in [2.45, 2.75) is 19.9 Å². The van der Waals surface area contributed by atoms with Gasteiger partial charge in [-0.3, -0.25) is 14.0 Å². The van der Waals surface area contributed by atoms with Gasteiger partial charge in [-0.25, -0.2) is 4.98 Å². The molecule has 7 heteroatoms. The third-order valence-corrected chi connectivity index (χ3v) is 3.73. The van der Waals surface area contributed by atoms with Gasteiger partial charge in [-0.1, -0.05) is 6.07 Å². The molecule has 0 aliphatic carbocycles. The number of ether oxygens (including phenoxy) is 1. The van der Waals surface area contributed by atoms with E-state index in [1.54, 1.807) is 60.2 Å². The van der Waals surface area contributed by atoms with Crippen LogP contribution in [0.3, 0.4) is 0 Å². The van der Waals surface area contributed by atoms with Crippen molar-refractivity contribution in [1.29, 1.82) is 0 Å². The highest BCUT2D eigenvalue weighted by atomic mass is 16.5. The molecule has 7 nitrogen and oxygen atoms in total. The van der Waals surface area contributed by atoms with Crippen molar-refractivity contribution in [3.05, 3.63) is 60.2 Å². The fourth-order valence-electron chi connectivity index (χ4n) is 2.56. The first-order chi connectivity index (χ1) is 12.5. The van der Waals surface area contributed by atoms with E-state index in [9.17, 15) is 9.59 Å². The van der Waals surface area contributed by atoms with Crippen LogP contribution in [0.5, 0.6) is 5.75 Å². The van der Waals surface area contributed by atoms with Crippen molar-refractivity contribution in [3.63, 3.8) is 0 Å². The molecule has 3 rings (SSSR count). The van der Waals surface area contributed by atoms with E-state index in [0.717, 1.165) is 0 Å². The van der Waals surface area contributed by atoms with E-state index in [2.05, 4.69) is 15.6 Å². The molecule has 0 bridgehead atoms. The molecular weight excluding hydrogens is 332 g/mol. The van der Waals surface area contributed by atoms with Gasteiger partial charge in [0.05, 0.1) is 12.6 Å². The number of hydrogen-bond acceptors (Lipinski definition) is 4. The third kappa shape index (κ3) is 3.51. The fraction of sp³-hybridized carbons (Fsp3) is 0.211. The summed E-state index contributed by atoms with van der Waals surface area (Å²) in [6.45, 7) is 3.73. The van der Waals surface area contributed by atoms with Gasteiger partial charge in [-0.2, -0.15) is 0 Å². The average molecular weight is 352 g/mol. The largest absolute Gasteiger partial charge is 0.497 e. The van der Waals surface area contributed by atoms with Crippen molar-refractivity contribution < 1.29 is 14.3 Å². The van der Waals surface area contributed by atoms with Crippen LogP contribution in [0.1, 0.15) is 35.0 Å². The summed E-state index contributed by atoms with van der Waals surface area (Å²) in [5.41, 5.74) is 1.36. The van der Waals surface area contributed by atoms with E-state index in [1.165, 1.54) is 0 Å². The second-order valence-corrected chi connectivity index (χ2v) is 6.05. The van der Waals surface area contributed by atoms with Crippen LogP contribution in [-0.4, -0.2) is 34.4 Å². The zero-order valence-corrected chi connectivity index (χ0v) is 14.8. The van der Waals surface area contributed by atoms with Gasteiger partial charge in [0.2, 0.25) is 5.82 Å². The molecule has 1 aromatic carbocycles. The van der Waals surface area contributed by atoms with Crippen LogP contribution in [0, 0.1) is 0 Å². The van der Waals surface area contributed by atoms with E-state index in [1.807, 2.05) is 13.8 Å². The molecule has 2 heterocycles. The van der Waals surface area contributed by atoms with E-state index in [0.29, 0.717) is 17.0 Å². The predicted molar refractivity (Wildman–Crippen MR) is 98.7 cm³/mol. The van der Waals surface area contributed by atoms with Gasteiger partial charge in [-0.05, 0) is 50.2 Å². The first-order valence-electron chi connectivity index (χ1n) is 8.23. The lowest BCUT2D eigenvalue weighted by Crippen LogP contribution is -2.31. The monoisotopic (exact) mass is 352 g/mol. The van der Waals surface area contributed by atoms with Gasteiger partial charge in [0.15, 0.2) is 5.69 Å². The van der Waals surface area contributed by atoms with Gasteiger partial charge < -0.3 is 15.4 Å². The van der Waals surface area contributed by atoms with E-state index in [4.69, 9.17) is 4.74 Å². The first-order valence-corrected chi connectivity index (χ1v) is 8.23. The van der Waals surface area contributed by atoms with Crippen LogP contribution in [0.4, 0.5) is 5.69 Å². The molecule has 0 radical (unpaired) electrons. The lowest BCUT2D eigenvalue weighted by atomic mass is 10.2. The Bertz CT molecular complexity index is 945. The summed E-state index contributed by atoms with van der Waals surface area (Å²) < 4.78 is 6.72. The maximum absolute atomic E-state index is 12.7. The Hall–Kier alpha value is -3.35. The normalized spacial score (nSPS) is 10.8. The molecule has 2 amide bonds. The van der Waals surface area contributed by atoms with Crippen LogP contribution in [-0.2, 0) is 0 Å². The third-order valence-electron chi connectivity index (χ3n) is 3.73. The van der Waals surface area contributed by atoms with Crippen molar-refractivity contribution in [3.8, 4) is 5.75 Å². The van der Waals surface area contributed by atoms with Crippen molar-refractivity contribution >= 4 is 23.0 Å². The number of benzene rings is 1. The minimum atomic E-state index is -0.387. The number of nitrogens with one attached hydrogen (secondary N) is 2. The first kappa shape index (κ1) is 17.5. The summed E-state index contributed by atoms with van der Waals surface area (Å²) in [5, 5.41) is 5.59. The molecule has 3 aromatic rings. The maximum Gasteiger partial charge on any atom is 0.287 e. The van der Waals surface area contributed by atoms with Crippen LogP contribution >= 0.6 is 0 Å². The second-order valence-electron chi connectivity index (χ2n) is 6.05. The lowest BCUT2D eigenvalue weighted by molar-refractivity contribution is 0.0932. The summed E-state index contributed by atoms with van der Waals surface area (Å²) in [7, 11) is 1.58. The highest BCUT2D eigenvalue weighted by molar-refractivity contribution is 6.09. The minimum Gasteiger partial charge on any atom is -0.497 e. The molecular formula is C19H20N4O3. The zero-order chi connectivity index (χ0) is 18.7. The van der Waals surface area contributed by atoms with E-state index < -0.39 is 0 Å². The van der Waals surface area contributed by atoms with Crippen molar-refractivity contribution in [2.24, 2.45) is 0 Å². The van der Waals surface area contributed by atoms with E-state index in [-0.39, 0.29) is 29.4 Å². The summed E-state index contributed by atoms with van der Waals surface area (Å²) in [6.07, 6.45) is 1.71. The zero-order valence-electron chi connectivity index (χ0n) is 14.8. The van der Waals surface area contributed by atoms with Gasteiger partial charge in [-0.15, -0.1) is 0 Å². The summed E-state index contributed by atoms with van der Waals surface area (Å²) >= 11 is 0. The minimum absolute atomic E-state index is 0.0323. The summed E-state index contributed by atoms with van der Waals surface area (Å²) in [4.78, 5) is 29.4. The number of pyridine rings is 1. The highest BCUT2D eigenvalue weighted by Gasteiger charge is 2.21. The van der Waals surface area contributed by atoms with Crippen molar-refractivity contribution in [1.82, 2.24) is 14.7 Å². The molecule has 0 aliphatic heterocycles. The van der Waals surface area contributed by atoms with Gasteiger partial charge in [0.1, 0.15) is 5.75 Å². The number of carbonyl (C=O) groups is 2. The summed E-state index contributed by atoms with van der Waals surface area (Å²) in [6, 6.07) is 12.3. The number of imidazole rings is 1. The second kappa shape index (κ2) is 7.26. The summed E-state index contributed by atoms with van der Waals surface area (Å²) in [5.74, 6) is 0.157. The number of rotatable bonds is 5. The topological polar surface area (TPSA) is 84.7 Å². The molecule has 0 atom stereocenters. The number of aromatic nitrogens is 2. The number of fused-ring (bicyclic) bond motifs is 1. The lowest BCUT2D eigenvalue weighted by Gasteiger charge is -2.06. The number of hydrogen-bond donors (Lipinski definition) is 2. The standard InChI is InChI=1S/C19H20N4O3/c1-12(2)20-19(25)17-22-16(15-6-4-5-11-23(15)17)18(24)21-13-7-9-14(26-3)10-8-13/h4-12H,1-3H3,(H,20,25)(H,21,24). The molecule has 0 aliphatic rings. The molecule has 2 aromatic heterocycles. The molecule has 2 N–H and O–H groups in total. The molecule has 26 heavy (non-hydrogen) atoms. The van der Waals surface area contributed by atoms with Crippen molar-refractivity contribution in [2.75, 3.05) is 12.4 Å². The highest BCUT2D eigenvalue weighted by Crippen LogP contribution is 2.18. The Morgan fingerprint density at radius 2 is 1.81 bits per heavy atom. The van der Waals surface area contributed by atoms with Gasteiger partial charge in [0, 0.05) is 17.9 Å². The average Bonchev–Trinajstić information content (AvgIpc) is 3.02. The molecule has 134 valence electrons. The van der Waals surface area contributed by atoms with Crippen LogP contribution in [0.25, 0.3) is 5.52 Å². The number of nitrogens with zero attached hydrogens (tertiary/aromatic N) is 2. The van der Waals surface area contributed by atoms with Crippen LogP contribution < -0.4 is 15.4 Å². The quantitative estimate of drug-likeness (QED) is 0.739. The predicted octanol–water partition coefficient (Wildman–Crippen LogP) is 2.73. The van der Waals surface area contributed by atoms with Gasteiger partial charge >= 0.3 is 0 Å². The Labute approximate surface area is 151 Å². The Morgan fingerprint density at radius 3 is 2.46 bits per heavy atom. The Morgan fingerprint density at radius 1 is 1.08 bits per heavy atom. The number of carbonyl (C=O) groups excluding carboxylic acids is 2. The van der Waals surface area contributed by atoms with Gasteiger partial charge in [0.25, 0.3) is 11.8 Å². The SMILES string of the molecule is COc1ccc(NC(=O)c2nc(C(=O)NC(C)C)n3ccccc23)cc1. The van der Waals surface area contributed by atoms with Crippen LogP contribution in [0.2, 0.25) is 0 Å². The molecule has 0 unspecified atom stereocenters. The maximum atomic E-state index is 12.7. The molecule has 0 saturated carbocycles. The smallest absolute Gasteiger partial charge is 0.287 e.